The van der Waals surface area contributed by atoms with Gasteiger partial charge in [0.25, 0.3) is 0 Å². The first-order chi connectivity index (χ1) is 13.2. The minimum Gasteiger partial charge on any atom is -0.175 e. The largest absolute Gasteiger partial charge is 0.175 e. The van der Waals surface area contributed by atoms with Crippen LogP contribution >= 0.6 is 12.6 Å². The van der Waals surface area contributed by atoms with Gasteiger partial charge in [0.15, 0.2) is 0 Å². The lowest BCUT2D eigenvalue weighted by Gasteiger charge is -2.18. The molecule has 1 aliphatic rings. The number of hydrogen-bond donors (Lipinski definition) is 1. The Labute approximate surface area is 167 Å². The molecule has 3 aromatic rings. The van der Waals surface area contributed by atoms with Crippen LogP contribution in [0.3, 0.4) is 0 Å². The predicted molar refractivity (Wildman–Crippen MR) is 121 cm³/mol. The van der Waals surface area contributed by atoms with E-state index in [-0.39, 0.29) is 0 Å². The van der Waals surface area contributed by atoms with Crippen LogP contribution in [0.15, 0.2) is 90.5 Å². The summed E-state index contributed by atoms with van der Waals surface area (Å²) in [5.74, 6) is 1.09. The van der Waals surface area contributed by atoms with Crippen LogP contribution in [0.4, 0.5) is 0 Å². The molecule has 0 aromatic heterocycles. The Morgan fingerprint density at radius 2 is 1.26 bits per heavy atom. The zero-order valence-corrected chi connectivity index (χ0v) is 16.7. The minimum atomic E-state index is 0.337. The van der Waals surface area contributed by atoms with Gasteiger partial charge in [-0.25, -0.2) is 0 Å². The standard InChI is InChI=1S/C26H24S/c1-18-24(23-16-10-9-15-22(23)17-27)19(2)26(21-13-7-4-8-14-21)25(18)20-11-5-3-6-12-20/h3-16,18,27H,17H2,1-2H3. The fraction of sp³-hybridized carbons (Fsp3) is 0.154. The summed E-state index contributed by atoms with van der Waals surface area (Å²) < 4.78 is 0. The second-order valence-electron chi connectivity index (χ2n) is 7.10. The fourth-order valence-electron chi connectivity index (χ4n) is 4.37. The zero-order chi connectivity index (χ0) is 18.8. The summed E-state index contributed by atoms with van der Waals surface area (Å²) in [5, 5.41) is 0. The highest BCUT2D eigenvalue weighted by atomic mass is 32.1. The highest BCUT2D eigenvalue weighted by Gasteiger charge is 2.31. The van der Waals surface area contributed by atoms with E-state index >= 15 is 0 Å². The summed E-state index contributed by atoms with van der Waals surface area (Å²) in [6.45, 7) is 4.62. The first-order valence-electron chi connectivity index (χ1n) is 9.47. The Balaban J connectivity index is 1.97. The Hall–Kier alpha value is -2.51. The van der Waals surface area contributed by atoms with E-state index in [2.05, 4.69) is 111 Å². The van der Waals surface area contributed by atoms with Gasteiger partial charge in [-0.3, -0.25) is 0 Å². The monoisotopic (exact) mass is 368 g/mol. The molecular weight excluding hydrogens is 344 g/mol. The lowest BCUT2D eigenvalue weighted by Crippen LogP contribution is -2.01. The molecule has 4 rings (SSSR count). The highest BCUT2D eigenvalue weighted by molar-refractivity contribution is 7.79. The molecule has 1 unspecified atom stereocenters. The Morgan fingerprint density at radius 3 is 1.89 bits per heavy atom. The topological polar surface area (TPSA) is 0 Å². The number of allylic oxidation sites excluding steroid dienone is 4. The van der Waals surface area contributed by atoms with E-state index in [1.165, 1.54) is 44.5 Å². The molecule has 0 heterocycles. The van der Waals surface area contributed by atoms with Gasteiger partial charge in [0.05, 0.1) is 0 Å². The van der Waals surface area contributed by atoms with Crippen LogP contribution in [0.25, 0.3) is 16.7 Å². The van der Waals surface area contributed by atoms with Gasteiger partial charge in [-0.15, -0.1) is 0 Å². The van der Waals surface area contributed by atoms with Crippen molar-refractivity contribution in [3.8, 4) is 0 Å². The number of rotatable bonds is 4. The summed E-state index contributed by atoms with van der Waals surface area (Å²) in [4.78, 5) is 0. The molecule has 0 radical (unpaired) electrons. The van der Waals surface area contributed by atoms with Crippen molar-refractivity contribution in [3.63, 3.8) is 0 Å². The molecule has 0 spiro atoms. The van der Waals surface area contributed by atoms with Gasteiger partial charge in [0, 0.05) is 11.7 Å². The van der Waals surface area contributed by atoms with Gasteiger partial charge in [-0.05, 0) is 51.5 Å². The van der Waals surface area contributed by atoms with Crippen molar-refractivity contribution in [1.82, 2.24) is 0 Å². The number of benzene rings is 3. The molecule has 1 heteroatoms. The summed E-state index contributed by atoms with van der Waals surface area (Å²) >= 11 is 4.58. The molecule has 134 valence electrons. The Bertz CT molecular complexity index is 1010. The molecule has 0 bridgehead atoms. The quantitative estimate of drug-likeness (QED) is 0.464. The average Bonchev–Trinajstić information content (AvgIpc) is 2.99. The third kappa shape index (κ3) is 3.17. The molecule has 0 saturated heterocycles. The van der Waals surface area contributed by atoms with Crippen molar-refractivity contribution in [3.05, 3.63) is 113 Å². The van der Waals surface area contributed by atoms with Gasteiger partial charge in [0.2, 0.25) is 0 Å². The highest BCUT2D eigenvalue weighted by Crippen LogP contribution is 2.51. The molecular formula is C26H24S. The lowest BCUT2D eigenvalue weighted by atomic mass is 9.86. The van der Waals surface area contributed by atoms with Crippen LogP contribution in [-0.2, 0) is 5.75 Å². The predicted octanol–water partition coefficient (Wildman–Crippen LogP) is 7.15. The van der Waals surface area contributed by atoms with Crippen LogP contribution in [0, 0.1) is 5.92 Å². The maximum atomic E-state index is 4.58. The van der Waals surface area contributed by atoms with Crippen molar-refractivity contribution >= 4 is 29.3 Å². The zero-order valence-electron chi connectivity index (χ0n) is 15.8. The summed E-state index contributed by atoms with van der Waals surface area (Å²) in [6.07, 6.45) is 0. The second kappa shape index (κ2) is 7.62. The van der Waals surface area contributed by atoms with Gasteiger partial charge < -0.3 is 0 Å². The smallest absolute Gasteiger partial charge is 0.0160 e. The molecule has 1 atom stereocenters. The van der Waals surface area contributed by atoms with Gasteiger partial charge >= 0.3 is 0 Å². The van der Waals surface area contributed by atoms with E-state index in [0.717, 1.165) is 5.75 Å². The molecule has 0 saturated carbocycles. The van der Waals surface area contributed by atoms with E-state index in [1.54, 1.807) is 0 Å². The SMILES string of the molecule is CC1=C(c2ccccc2CS)C(C)C(c2ccccc2)=C1c1ccccc1. The number of hydrogen-bond acceptors (Lipinski definition) is 1. The maximum absolute atomic E-state index is 4.58. The molecule has 0 fully saturated rings. The first-order valence-corrected chi connectivity index (χ1v) is 10.1. The summed E-state index contributed by atoms with van der Waals surface area (Å²) in [7, 11) is 0. The van der Waals surface area contributed by atoms with E-state index in [9.17, 15) is 0 Å². The third-order valence-corrected chi connectivity index (χ3v) is 5.88. The van der Waals surface area contributed by atoms with Crippen LogP contribution < -0.4 is 0 Å². The summed E-state index contributed by atoms with van der Waals surface area (Å²) in [5.41, 5.74) is 10.8. The molecule has 0 nitrogen and oxygen atoms in total. The molecule has 0 amide bonds. The van der Waals surface area contributed by atoms with Crippen molar-refractivity contribution in [2.24, 2.45) is 5.92 Å². The van der Waals surface area contributed by atoms with Crippen molar-refractivity contribution < 1.29 is 0 Å². The van der Waals surface area contributed by atoms with Crippen LogP contribution in [0.5, 0.6) is 0 Å². The normalized spacial score (nSPS) is 16.9. The van der Waals surface area contributed by atoms with Gasteiger partial charge in [0.1, 0.15) is 0 Å². The van der Waals surface area contributed by atoms with E-state index in [1.807, 2.05) is 0 Å². The Morgan fingerprint density at radius 1 is 0.704 bits per heavy atom. The summed E-state index contributed by atoms with van der Waals surface area (Å²) in [6, 6.07) is 30.3. The Kier molecular flexibility index (Phi) is 5.05. The lowest BCUT2D eigenvalue weighted by molar-refractivity contribution is 0.996. The molecule has 0 aliphatic heterocycles. The van der Waals surface area contributed by atoms with Crippen molar-refractivity contribution in [2.45, 2.75) is 19.6 Å². The average molecular weight is 369 g/mol. The van der Waals surface area contributed by atoms with Gasteiger partial charge in [-0.1, -0.05) is 91.9 Å². The van der Waals surface area contributed by atoms with E-state index in [4.69, 9.17) is 0 Å². The van der Waals surface area contributed by atoms with Crippen LogP contribution in [0.1, 0.15) is 36.1 Å². The van der Waals surface area contributed by atoms with Crippen LogP contribution in [-0.4, -0.2) is 0 Å². The first kappa shape index (κ1) is 17.9. The van der Waals surface area contributed by atoms with Crippen LogP contribution in [0.2, 0.25) is 0 Å². The maximum Gasteiger partial charge on any atom is 0.0160 e. The molecule has 1 aliphatic carbocycles. The van der Waals surface area contributed by atoms with Crippen molar-refractivity contribution in [2.75, 3.05) is 0 Å². The van der Waals surface area contributed by atoms with E-state index in [0.29, 0.717) is 5.92 Å². The van der Waals surface area contributed by atoms with Crippen molar-refractivity contribution in [1.29, 1.82) is 0 Å². The molecule has 27 heavy (non-hydrogen) atoms. The molecule has 0 N–H and O–H groups in total. The number of thiol groups is 1. The second-order valence-corrected chi connectivity index (χ2v) is 7.41. The fourth-order valence-corrected chi connectivity index (χ4v) is 4.64. The van der Waals surface area contributed by atoms with E-state index < -0.39 is 0 Å². The minimum absolute atomic E-state index is 0.337. The van der Waals surface area contributed by atoms with Gasteiger partial charge in [-0.2, -0.15) is 12.6 Å². The molecule has 3 aromatic carbocycles. The third-order valence-electron chi connectivity index (χ3n) is 5.54.